The smallest absolute Gasteiger partial charge is 0.132 e. The lowest BCUT2D eigenvalue weighted by Gasteiger charge is -2.14. The summed E-state index contributed by atoms with van der Waals surface area (Å²) in [7, 11) is 5.78. The third-order valence-electron chi connectivity index (χ3n) is 5.91. The number of likely N-dealkylation sites (N-methyl/N-ethyl adjacent to an activating group) is 1. The van der Waals surface area contributed by atoms with Crippen LogP contribution in [-0.2, 0) is 0 Å². The molecule has 2 heterocycles. The largest absolute Gasteiger partial charge is 0.492 e. The van der Waals surface area contributed by atoms with Crippen LogP contribution >= 0.6 is 0 Å². The normalized spacial score (nSPS) is 12.6. The number of hydrogen-bond acceptors (Lipinski definition) is 10. The first-order valence-corrected chi connectivity index (χ1v) is 13.1. The molecule has 3 aromatic rings. The van der Waals surface area contributed by atoms with Gasteiger partial charge in [-0.3, -0.25) is 4.98 Å². The van der Waals surface area contributed by atoms with Crippen molar-refractivity contribution in [1.29, 1.82) is 5.41 Å². The van der Waals surface area contributed by atoms with Crippen molar-refractivity contribution < 1.29 is 9.47 Å². The molecule has 3 rings (SSSR count). The van der Waals surface area contributed by atoms with Gasteiger partial charge in [0.25, 0.3) is 0 Å². The van der Waals surface area contributed by atoms with E-state index in [2.05, 4.69) is 25.5 Å². The molecular weight excluding hydrogens is 504 g/mol. The predicted octanol–water partition coefficient (Wildman–Crippen LogP) is 3.94. The van der Waals surface area contributed by atoms with Crippen LogP contribution in [0.4, 0.5) is 5.82 Å². The Morgan fingerprint density at radius 3 is 2.52 bits per heavy atom. The van der Waals surface area contributed by atoms with Crippen LogP contribution in [0.15, 0.2) is 78.5 Å². The maximum atomic E-state index is 8.74. The lowest BCUT2D eigenvalue weighted by molar-refractivity contribution is 0.260. The number of benzene rings is 1. The second-order valence-corrected chi connectivity index (χ2v) is 9.75. The van der Waals surface area contributed by atoms with E-state index in [-0.39, 0.29) is 18.2 Å². The lowest BCUT2D eigenvalue weighted by atomic mass is 10.0. The van der Waals surface area contributed by atoms with E-state index in [1.165, 1.54) is 0 Å². The molecular formula is C30H40N8O2. The highest BCUT2D eigenvalue weighted by Gasteiger charge is 2.12. The number of aromatic nitrogens is 2. The number of fused-ring (bicyclic) bond motifs is 1. The zero-order chi connectivity index (χ0) is 29.1. The van der Waals surface area contributed by atoms with Crippen molar-refractivity contribution in [2.45, 2.75) is 13.8 Å². The predicted molar refractivity (Wildman–Crippen MR) is 163 cm³/mol. The van der Waals surface area contributed by atoms with Crippen LogP contribution in [0.2, 0.25) is 0 Å². The Bertz CT molecular complexity index is 1400. The van der Waals surface area contributed by atoms with Crippen LogP contribution in [0.3, 0.4) is 0 Å². The number of nitrogens with one attached hydrogen (secondary N) is 3. The molecule has 0 spiro atoms. The Balaban J connectivity index is 1.75. The first-order valence-electron chi connectivity index (χ1n) is 13.1. The molecule has 0 amide bonds. The van der Waals surface area contributed by atoms with Crippen molar-refractivity contribution in [2.24, 2.45) is 17.4 Å². The highest BCUT2D eigenvalue weighted by atomic mass is 16.5. The summed E-state index contributed by atoms with van der Waals surface area (Å²) in [6, 6.07) is 13.0. The van der Waals surface area contributed by atoms with Crippen molar-refractivity contribution in [1.82, 2.24) is 20.2 Å². The molecule has 0 fully saturated rings. The van der Waals surface area contributed by atoms with E-state index >= 15 is 0 Å². The minimum Gasteiger partial charge on any atom is -0.492 e. The Hall–Kier alpha value is -4.57. The van der Waals surface area contributed by atoms with Gasteiger partial charge >= 0.3 is 0 Å². The fraction of sp³-hybridized carbons (Fsp3) is 0.300. The minimum absolute atomic E-state index is 0.0654. The fourth-order valence-electron chi connectivity index (χ4n) is 3.72. The molecule has 0 radical (unpaired) electrons. The fourth-order valence-corrected chi connectivity index (χ4v) is 3.72. The number of nitrogens with zero attached hydrogens (tertiary/aromatic N) is 3. The molecule has 1 aromatic carbocycles. The highest BCUT2D eigenvalue weighted by Crippen LogP contribution is 2.23. The summed E-state index contributed by atoms with van der Waals surface area (Å²) in [6.45, 7) is 5.54. The summed E-state index contributed by atoms with van der Waals surface area (Å²) >= 11 is 0. The first-order chi connectivity index (χ1) is 19.2. The van der Waals surface area contributed by atoms with Gasteiger partial charge < -0.3 is 41.9 Å². The van der Waals surface area contributed by atoms with Crippen LogP contribution in [-0.4, -0.2) is 61.5 Å². The zero-order valence-corrected chi connectivity index (χ0v) is 23.9. The molecule has 40 heavy (non-hydrogen) atoms. The minimum atomic E-state index is 0.0654. The molecule has 0 atom stereocenters. The van der Waals surface area contributed by atoms with E-state index in [4.69, 9.17) is 26.4 Å². The molecule has 7 N–H and O–H groups in total. The molecule has 10 heteroatoms. The zero-order valence-electron chi connectivity index (χ0n) is 23.9. The van der Waals surface area contributed by atoms with Gasteiger partial charge in [0.2, 0.25) is 0 Å². The van der Waals surface area contributed by atoms with Gasteiger partial charge in [0.05, 0.1) is 16.7 Å². The van der Waals surface area contributed by atoms with Crippen molar-refractivity contribution in [3.8, 4) is 11.5 Å². The van der Waals surface area contributed by atoms with Gasteiger partial charge in [-0.25, -0.2) is 4.98 Å². The Morgan fingerprint density at radius 2 is 1.85 bits per heavy atom. The van der Waals surface area contributed by atoms with Gasteiger partial charge in [0.15, 0.2) is 0 Å². The summed E-state index contributed by atoms with van der Waals surface area (Å²) < 4.78 is 11.7. The summed E-state index contributed by atoms with van der Waals surface area (Å²) in [6.07, 6.45) is 6.83. The van der Waals surface area contributed by atoms with E-state index in [1.54, 1.807) is 31.7 Å². The van der Waals surface area contributed by atoms with Gasteiger partial charge in [-0.2, -0.15) is 0 Å². The van der Waals surface area contributed by atoms with E-state index in [0.29, 0.717) is 35.1 Å². The van der Waals surface area contributed by atoms with Gasteiger partial charge in [0, 0.05) is 43.2 Å². The molecule has 0 aliphatic carbocycles. The monoisotopic (exact) mass is 544 g/mol. The number of allylic oxidation sites excluding steroid dienone is 2. The van der Waals surface area contributed by atoms with Gasteiger partial charge in [-0.05, 0) is 68.2 Å². The summed E-state index contributed by atoms with van der Waals surface area (Å²) in [5.74, 6) is 2.60. The molecule has 10 nitrogen and oxygen atoms in total. The van der Waals surface area contributed by atoms with Crippen molar-refractivity contribution in [2.75, 3.05) is 46.2 Å². The van der Waals surface area contributed by atoms with E-state index in [1.807, 2.05) is 70.4 Å². The van der Waals surface area contributed by atoms with E-state index in [0.717, 1.165) is 28.9 Å². The second-order valence-electron chi connectivity index (χ2n) is 9.75. The van der Waals surface area contributed by atoms with Crippen molar-refractivity contribution in [3.05, 3.63) is 84.1 Å². The summed E-state index contributed by atoms with van der Waals surface area (Å²) in [4.78, 5) is 11.3. The molecule has 0 aliphatic heterocycles. The molecule has 0 saturated carbocycles. The number of rotatable bonds is 14. The van der Waals surface area contributed by atoms with E-state index in [9.17, 15) is 0 Å². The molecule has 0 bridgehead atoms. The maximum Gasteiger partial charge on any atom is 0.132 e. The molecule has 0 saturated heterocycles. The number of ether oxygens (including phenoxy) is 2. The van der Waals surface area contributed by atoms with Gasteiger partial charge in [-0.15, -0.1) is 0 Å². The Morgan fingerprint density at radius 1 is 1.10 bits per heavy atom. The van der Waals surface area contributed by atoms with Crippen LogP contribution in [0.1, 0.15) is 19.4 Å². The standard InChI is InChI=1S/C30H40N8O2/c1-20(2)21(16-31)14-29(33)37-30-10-9-27-28(36-30)13-22(17-35-27)25(18-34-3)26(32)19-40-24-8-6-7-23(15-24)39-12-11-38(4)5/h6-10,13-18,20,32,34H,11-12,19,31,33H2,1-5H3,(H,36,37)/b21-16+,25-18-,29-14+,32-26?. The number of anilines is 1. The molecule has 0 unspecified atom stereocenters. The average Bonchev–Trinajstić information content (AvgIpc) is 2.92. The Kier molecular flexibility index (Phi) is 10.9. The quantitative estimate of drug-likeness (QED) is 0.150. The Labute approximate surface area is 236 Å². The van der Waals surface area contributed by atoms with Crippen LogP contribution < -0.4 is 31.6 Å². The van der Waals surface area contributed by atoms with Gasteiger partial charge in [0.1, 0.15) is 36.4 Å². The summed E-state index contributed by atoms with van der Waals surface area (Å²) in [5, 5.41) is 14.9. The lowest BCUT2D eigenvalue weighted by Crippen LogP contribution is -2.19. The molecule has 2 aromatic heterocycles. The number of nitrogens with two attached hydrogens (primary N) is 2. The van der Waals surface area contributed by atoms with Crippen LogP contribution in [0.5, 0.6) is 11.5 Å². The second kappa shape index (κ2) is 14.5. The van der Waals surface area contributed by atoms with Gasteiger partial charge in [-0.1, -0.05) is 19.9 Å². The highest BCUT2D eigenvalue weighted by molar-refractivity contribution is 6.23. The third kappa shape index (κ3) is 8.74. The molecule has 212 valence electrons. The maximum absolute atomic E-state index is 8.74. The van der Waals surface area contributed by atoms with Crippen LogP contribution in [0.25, 0.3) is 16.6 Å². The average molecular weight is 545 g/mol. The topological polar surface area (TPSA) is 147 Å². The number of pyridine rings is 2. The first kappa shape index (κ1) is 30.0. The SMILES string of the molecule is CN/C=C(\C(=N)COc1cccc(OCCN(C)C)c1)c1cnc2ccc(N/C(N)=C/C(=C\N)C(C)C)nc2c1. The molecule has 0 aliphatic rings. The van der Waals surface area contributed by atoms with Crippen molar-refractivity contribution >= 4 is 28.1 Å². The van der Waals surface area contributed by atoms with Crippen LogP contribution in [0, 0.1) is 11.3 Å². The summed E-state index contributed by atoms with van der Waals surface area (Å²) in [5.41, 5.74) is 15.8. The third-order valence-corrected chi connectivity index (χ3v) is 5.91. The van der Waals surface area contributed by atoms with E-state index < -0.39 is 0 Å². The van der Waals surface area contributed by atoms with Crippen molar-refractivity contribution in [3.63, 3.8) is 0 Å². The number of hydrogen-bond donors (Lipinski definition) is 5.